The Balaban J connectivity index is 1.69. The number of hydrogen-bond acceptors (Lipinski definition) is 5. The van der Waals surface area contributed by atoms with Gasteiger partial charge in [-0.3, -0.25) is 15.1 Å². The predicted molar refractivity (Wildman–Crippen MR) is 73.4 cm³/mol. The maximum absolute atomic E-state index is 11.6. The van der Waals surface area contributed by atoms with Gasteiger partial charge in [-0.05, 0) is 25.0 Å². The molecule has 21 heavy (non-hydrogen) atoms. The molecule has 112 valence electrons. The van der Waals surface area contributed by atoms with Crippen molar-refractivity contribution in [1.29, 1.82) is 0 Å². The molecular formula is C14H17N3O4. The molecule has 0 aromatic carbocycles. The molecule has 2 N–H and O–H groups in total. The topological polar surface area (TPSA) is 97.4 Å². The average molecular weight is 291 g/mol. The number of carbonyl (C=O) groups is 3. The predicted octanol–water partition coefficient (Wildman–Crippen LogP) is 1.01. The van der Waals surface area contributed by atoms with E-state index in [2.05, 4.69) is 15.6 Å². The van der Waals surface area contributed by atoms with E-state index < -0.39 is 24.5 Å². The fourth-order valence-corrected chi connectivity index (χ4v) is 2.15. The lowest BCUT2D eigenvalue weighted by Gasteiger charge is -2.12. The molecule has 3 amide bonds. The van der Waals surface area contributed by atoms with Crippen LogP contribution < -0.4 is 10.6 Å². The van der Waals surface area contributed by atoms with Gasteiger partial charge in [0, 0.05) is 18.4 Å². The van der Waals surface area contributed by atoms with Gasteiger partial charge in [-0.15, -0.1) is 0 Å². The Morgan fingerprint density at radius 3 is 2.71 bits per heavy atom. The van der Waals surface area contributed by atoms with Crippen molar-refractivity contribution < 1.29 is 19.1 Å². The summed E-state index contributed by atoms with van der Waals surface area (Å²) in [6.45, 7) is -0.508. The Hall–Kier alpha value is -2.44. The molecule has 0 aliphatic heterocycles. The van der Waals surface area contributed by atoms with Crippen molar-refractivity contribution in [3.05, 3.63) is 30.1 Å². The summed E-state index contributed by atoms with van der Waals surface area (Å²) in [5.74, 6) is -1.32. The molecule has 0 saturated heterocycles. The maximum atomic E-state index is 11.6. The van der Waals surface area contributed by atoms with Gasteiger partial charge < -0.3 is 10.1 Å². The Kier molecular flexibility index (Phi) is 5.25. The molecule has 7 nitrogen and oxygen atoms in total. The molecule has 1 fully saturated rings. The van der Waals surface area contributed by atoms with Gasteiger partial charge >= 0.3 is 12.0 Å². The number of urea groups is 1. The number of nitrogens with one attached hydrogen (secondary N) is 2. The van der Waals surface area contributed by atoms with E-state index in [1.54, 1.807) is 6.07 Å². The van der Waals surface area contributed by atoms with Crippen LogP contribution >= 0.6 is 0 Å². The molecule has 2 rings (SSSR count). The van der Waals surface area contributed by atoms with Crippen LogP contribution in [0.15, 0.2) is 24.5 Å². The van der Waals surface area contributed by atoms with Crippen molar-refractivity contribution in [2.45, 2.75) is 31.7 Å². The third-order valence-electron chi connectivity index (χ3n) is 3.17. The number of hydrogen-bond donors (Lipinski definition) is 2. The highest BCUT2D eigenvalue weighted by atomic mass is 16.5. The Morgan fingerprint density at radius 1 is 1.29 bits per heavy atom. The smallest absolute Gasteiger partial charge is 0.340 e. The van der Waals surface area contributed by atoms with Gasteiger partial charge in [-0.2, -0.15) is 0 Å². The number of esters is 1. The second-order valence-corrected chi connectivity index (χ2v) is 4.82. The minimum atomic E-state index is -0.664. The van der Waals surface area contributed by atoms with Crippen LogP contribution in [0.5, 0.6) is 0 Å². The summed E-state index contributed by atoms with van der Waals surface area (Å²) >= 11 is 0. The molecule has 1 aromatic rings. The number of nitrogens with zero attached hydrogens (tertiary/aromatic N) is 1. The fourth-order valence-electron chi connectivity index (χ4n) is 2.15. The van der Waals surface area contributed by atoms with Gasteiger partial charge in [0.15, 0.2) is 6.61 Å². The van der Waals surface area contributed by atoms with E-state index in [1.165, 1.54) is 18.5 Å². The zero-order valence-electron chi connectivity index (χ0n) is 11.5. The van der Waals surface area contributed by atoms with Crippen LogP contribution in [0.1, 0.15) is 36.0 Å². The number of aromatic nitrogens is 1. The zero-order chi connectivity index (χ0) is 15.1. The van der Waals surface area contributed by atoms with E-state index >= 15 is 0 Å². The number of carbonyl (C=O) groups excluding carboxylic acids is 3. The first-order valence-electron chi connectivity index (χ1n) is 6.82. The first-order chi connectivity index (χ1) is 10.1. The summed E-state index contributed by atoms with van der Waals surface area (Å²) < 4.78 is 4.79. The largest absolute Gasteiger partial charge is 0.452 e. The van der Waals surface area contributed by atoms with Crippen LogP contribution in [0.25, 0.3) is 0 Å². The van der Waals surface area contributed by atoms with Crippen LogP contribution in [0.3, 0.4) is 0 Å². The monoisotopic (exact) mass is 291 g/mol. The van der Waals surface area contributed by atoms with Crippen molar-refractivity contribution >= 4 is 17.9 Å². The molecule has 0 unspecified atom stereocenters. The molecule has 0 atom stereocenters. The maximum Gasteiger partial charge on any atom is 0.340 e. The molecule has 1 heterocycles. The van der Waals surface area contributed by atoms with Crippen LogP contribution in [-0.2, 0) is 9.53 Å². The van der Waals surface area contributed by atoms with Crippen LogP contribution in [0.4, 0.5) is 4.79 Å². The van der Waals surface area contributed by atoms with E-state index in [1.807, 2.05) is 0 Å². The molecule has 0 radical (unpaired) electrons. The Bertz CT molecular complexity index is 512. The van der Waals surface area contributed by atoms with Gasteiger partial charge in [-0.1, -0.05) is 12.8 Å². The molecule has 0 bridgehead atoms. The van der Waals surface area contributed by atoms with Gasteiger partial charge in [-0.25, -0.2) is 9.59 Å². The van der Waals surface area contributed by atoms with Crippen LogP contribution in [0, 0.1) is 0 Å². The first kappa shape index (κ1) is 15.0. The van der Waals surface area contributed by atoms with E-state index in [0.29, 0.717) is 0 Å². The van der Waals surface area contributed by atoms with E-state index in [0.717, 1.165) is 25.7 Å². The van der Waals surface area contributed by atoms with Crippen molar-refractivity contribution in [2.75, 3.05) is 6.61 Å². The molecule has 1 aliphatic rings. The van der Waals surface area contributed by atoms with E-state index in [9.17, 15) is 14.4 Å². The lowest BCUT2D eigenvalue weighted by molar-refractivity contribution is -0.123. The summed E-state index contributed by atoms with van der Waals surface area (Å²) in [5, 5.41) is 4.84. The van der Waals surface area contributed by atoms with E-state index in [-0.39, 0.29) is 11.6 Å². The first-order valence-corrected chi connectivity index (χ1v) is 6.82. The number of amides is 3. The third-order valence-corrected chi connectivity index (χ3v) is 3.17. The molecule has 7 heteroatoms. The minimum absolute atomic E-state index is 0.121. The quantitative estimate of drug-likeness (QED) is 0.807. The fraction of sp³-hybridized carbons (Fsp3) is 0.429. The van der Waals surface area contributed by atoms with Crippen molar-refractivity contribution in [1.82, 2.24) is 15.6 Å². The molecule has 1 aliphatic carbocycles. The summed E-state index contributed by atoms with van der Waals surface area (Å²) in [7, 11) is 0. The normalized spacial score (nSPS) is 14.5. The summed E-state index contributed by atoms with van der Waals surface area (Å²) in [6.07, 6.45) is 6.89. The molecule has 1 aromatic heterocycles. The molecule has 0 spiro atoms. The zero-order valence-corrected chi connectivity index (χ0v) is 11.5. The second-order valence-electron chi connectivity index (χ2n) is 4.82. The van der Waals surface area contributed by atoms with Crippen molar-refractivity contribution in [3.63, 3.8) is 0 Å². The highest BCUT2D eigenvalue weighted by Crippen LogP contribution is 2.17. The Morgan fingerprint density at radius 2 is 2.05 bits per heavy atom. The highest BCUT2D eigenvalue weighted by Gasteiger charge is 2.18. The standard InChI is InChI=1S/C14H17N3O4/c18-12(17-14(20)16-11-5-1-2-6-11)9-21-13(19)10-4-3-7-15-8-10/h3-4,7-8,11H,1-2,5-6,9H2,(H2,16,17,18,20). The average Bonchev–Trinajstić information content (AvgIpc) is 2.98. The summed E-state index contributed by atoms with van der Waals surface area (Å²) in [6, 6.07) is 2.69. The second kappa shape index (κ2) is 7.37. The Labute approximate surface area is 122 Å². The van der Waals surface area contributed by atoms with Crippen molar-refractivity contribution in [3.8, 4) is 0 Å². The van der Waals surface area contributed by atoms with E-state index in [4.69, 9.17) is 4.74 Å². The van der Waals surface area contributed by atoms with Crippen molar-refractivity contribution in [2.24, 2.45) is 0 Å². The van der Waals surface area contributed by atoms with Gasteiger partial charge in [0.1, 0.15) is 0 Å². The van der Waals surface area contributed by atoms with Gasteiger partial charge in [0.05, 0.1) is 5.56 Å². The summed E-state index contributed by atoms with van der Waals surface area (Å²) in [4.78, 5) is 38.4. The third kappa shape index (κ3) is 4.87. The lowest BCUT2D eigenvalue weighted by Crippen LogP contribution is -2.44. The van der Waals surface area contributed by atoms with Crippen LogP contribution in [0.2, 0.25) is 0 Å². The molecule has 1 saturated carbocycles. The minimum Gasteiger partial charge on any atom is -0.452 e. The highest BCUT2D eigenvalue weighted by molar-refractivity contribution is 5.97. The summed E-state index contributed by atoms with van der Waals surface area (Å²) in [5.41, 5.74) is 0.251. The molecular weight excluding hydrogens is 274 g/mol. The van der Waals surface area contributed by atoms with Gasteiger partial charge in [0.25, 0.3) is 5.91 Å². The number of imide groups is 1. The lowest BCUT2D eigenvalue weighted by atomic mass is 10.2. The SMILES string of the molecule is O=C(COC(=O)c1cccnc1)NC(=O)NC1CCCC1. The number of rotatable bonds is 4. The van der Waals surface area contributed by atoms with Gasteiger partial charge in [0.2, 0.25) is 0 Å². The number of pyridine rings is 1. The van der Waals surface area contributed by atoms with Crippen LogP contribution in [-0.4, -0.2) is 35.5 Å². The number of ether oxygens (including phenoxy) is 1.